The number of halogens is 1. The van der Waals surface area contributed by atoms with Crippen LogP contribution in [-0.4, -0.2) is 5.11 Å². The van der Waals surface area contributed by atoms with Gasteiger partial charge in [0.15, 0.2) is 12.7 Å². The van der Waals surface area contributed by atoms with Crippen molar-refractivity contribution in [1.29, 1.82) is 0 Å². The molecule has 0 radical (unpaired) electrons. The second kappa shape index (κ2) is 4.88. The van der Waals surface area contributed by atoms with Crippen LogP contribution >= 0.6 is 27.3 Å². The first-order valence-corrected chi connectivity index (χ1v) is 6.34. The zero-order valence-electron chi connectivity index (χ0n) is 8.01. The van der Waals surface area contributed by atoms with Crippen molar-refractivity contribution in [3.05, 3.63) is 51.4 Å². The zero-order chi connectivity index (χ0) is 10.7. The largest absolute Gasteiger partial charge is 0.382 e. The summed E-state index contributed by atoms with van der Waals surface area (Å²) in [6.45, 7) is 0.602. The summed E-state index contributed by atoms with van der Waals surface area (Å²) in [5.74, 6) is 0. The van der Waals surface area contributed by atoms with E-state index in [1.54, 1.807) is 11.3 Å². The van der Waals surface area contributed by atoms with Gasteiger partial charge in [-0.2, -0.15) is 4.57 Å². The molecule has 2 nitrogen and oxygen atoms in total. The van der Waals surface area contributed by atoms with E-state index < -0.39 is 6.10 Å². The van der Waals surface area contributed by atoms with Gasteiger partial charge in [-0.25, -0.2) is 0 Å². The van der Waals surface area contributed by atoms with Crippen molar-refractivity contribution in [2.24, 2.45) is 0 Å². The Morgan fingerprint density at radius 3 is 2.67 bits per heavy atom. The maximum Gasteiger partial charge on any atom is 0.224 e. The first-order valence-electron chi connectivity index (χ1n) is 4.60. The van der Waals surface area contributed by atoms with E-state index in [0.29, 0.717) is 6.54 Å². The fraction of sp³-hybridized carbons (Fsp3) is 0.182. The summed E-state index contributed by atoms with van der Waals surface area (Å²) in [6, 6.07) is 7.75. The van der Waals surface area contributed by atoms with Gasteiger partial charge in [-0.1, -0.05) is 39.4 Å². The molecule has 0 spiro atoms. The van der Waals surface area contributed by atoms with E-state index in [9.17, 15) is 5.11 Å². The summed E-state index contributed by atoms with van der Waals surface area (Å²) in [7, 11) is 0. The van der Waals surface area contributed by atoms with Crippen molar-refractivity contribution in [1.82, 2.24) is 0 Å². The highest BCUT2D eigenvalue weighted by atomic mass is 79.9. The molecule has 1 heterocycles. The molecule has 4 heteroatoms. The van der Waals surface area contributed by atoms with Gasteiger partial charge < -0.3 is 5.11 Å². The van der Waals surface area contributed by atoms with Crippen molar-refractivity contribution in [2.75, 3.05) is 0 Å². The number of hydrogen-bond donors (Lipinski definition) is 1. The molecule has 2 rings (SSSR count). The van der Waals surface area contributed by atoms with Crippen LogP contribution in [0.5, 0.6) is 0 Å². The van der Waals surface area contributed by atoms with E-state index >= 15 is 0 Å². The van der Waals surface area contributed by atoms with E-state index in [4.69, 9.17) is 0 Å². The highest BCUT2D eigenvalue weighted by molar-refractivity contribution is 9.10. The van der Waals surface area contributed by atoms with E-state index in [1.807, 2.05) is 45.9 Å². The highest BCUT2D eigenvalue weighted by Gasteiger charge is 2.12. The minimum absolute atomic E-state index is 0.447. The average molecular weight is 285 g/mol. The third-order valence-corrected chi connectivity index (χ3v) is 3.37. The van der Waals surface area contributed by atoms with Crippen LogP contribution in [0, 0.1) is 0 Å². The SMILES string of the molecule is OC(C[n+]1ccsc1)c1ccc(Br)cc1. The Bertz CT molecular complexity index is 413. The number of thiazole rings is 1. The van der Waals surface area contributed by atoms with Crippen LogP contribution in [-0.2, 0) is 6.54 Å². The number of rotatable bonds is 3. The Morgan fingerprint density at radius 2 is 2.07 bits per heavy atom. The third-order valence-electron chi connectivity index (χ3n) is 2.17. The van der Waals surface area contributed by atoms with Crippen molar-refractivity contribution in [2.45, 2.75) is 12.6 Å². The van der Waals surface area contributed by atoms with Gasteiger partial charge in [0.2, 0.25) is 5.51 Å². The molecule has 0 amide bonds. The summed E-state index contributed by atoms with van der Waals surface area (Å²) in [5.41, 5.74) is 2.93. The van der Waals surface area contributed by atoms with Crippen molar-refractivity contribution in [3.63, 3.8) is 0 Å². The van der Waals surface area contributed by atoms with Crippen molar-refractivity contribution < 1.29 is 9.67 Å². The first kappa shape index (κ1) is 10.8. The molecule has 0 aliphatic heterocycles. The molecular weight excluding hydrogens is 274 g/mol. The Hall–Kier alpha value is -0.710. The molecule has 0 saturated heterocycles. The Labute approximate surface area is 101 Å². The van der Waals surface area contributed by atoms with Gasteiger partial charge in [0.25, 0.3) is 0 Å². The fourth-order valence-corrected chi connectivity index (χ4v) is 2.23. The third kappa shape index (κ3) is 2.87. The van der Waals surface area contributed by atoms with Crippen molar-refractivity contribution in [3.8, 4) is 0 Å². The molecule has 1 atom stereocenters. The van der Waals surface area contributed by atoms with Crippen LogP contribution in [0.4, 0.5) is 0 Å². The summed E-state index contributed by atoms with van der Waals surface area (Å²) in [6.07, 6.45) is 1.52. The molecule has 78 valence electrons. The zero-order valence-corrected chi connectivity index (χ0v) is 10.4. The minimum atomic E-state index is -0.447. The predicted molar refractivity (Wildman–Crippen MR) is 63.6 cm³/mol. The topological polar surface area (TPSA) is 24.1 Å². The molecular formula is C11H11BrNOS+. The second-order valence-corrected chi connectivity index (χ2v) is 4.96. The summed E-state index contributed by atoms with van der Waals surface area (Å²) in [5, 5.41) is 11.9. The lowest BCUT2D eigenvalue weighted by Gasteiger charge is -2.06. The Kier molecular flexibility index (Phi) is 3.51. The van der Waals surface area contributed by atoms with Crippen LogP contribution < -0.4 is 4.57 Å². The standard InChI is InChI=1S/C11H11BrNOS/c12-10-3-1-9(2-4-10)11(14)7-13-5-6-15-8-13/h1-6,8,11,14H,7H2/q+1. The smallest absolute Gasteiger partial charge is 0.224 e. The summed E-state index contributed by atoms with van der Waals surface area (Å²) >= 11 is 4.99. The van der Waals surface area contributed by atoms with Gasteiger partial charge in [0, 0.05) is 4.47 Å². The number of aliphatic hydroxyl groups is 1. The summed E-state index contributed by atoms with van der Waals surface area (Å²) < 4.78 is 3.01. The molecule has 1 aromatic carbocycles. The second-order valence-electron chi connectivity index (χ2n) is 3.29. The average Bonchev–Trinajstić information content (AvgIpc) is 2.71. The van der Waals surface area contributed by atoms with E-state index in [0.717, 1.165) is 10.0 Å². The predicted octanol–water partition coefficient (Wildman–Crippen LogP) is 2.53. The molecule has 1 N–H and O–H groups in total. The van der Waals surface area contributed by atoms with Crippen LogP contribution in [0.3, 0.4) is 0 Å². The maximum absolute atomic E-state index is 9.95. The fourth-order valence-electron chi connectivity index (χ4n) is 1.36. The minimum Gasteiger partial charge on any atom is -0.382 e. The van der Waals surface area contributed by atoms with Crippen LogP contribution in [0.25, 0.3) is 0 Å². The molecule has 0 aliphatic rings. The molecule has 0 fully saturated rings. The molecule has 0 saturated carbocycles. The number of benzene rings is 1. The van der Waals surface area contributed by atoms with Crippen molar-refractivity contribution >= 4 is 27.3 Å². The van der Waals surface area contributed by atoms with E-state index in [-0.39, 0.29) is 0 Å². The summed E-state index contributed by atoms with van der Waals surface area (Å²) in [4.78, 5) is 0. The number of hydrogen-bond acceptors (Lipinski definition) is 2. The lowest BCUT2D eigenvalue weighted by Crippen LogP contribution is -2.33. The van der Waals surface area contributed by atoms with Crippen LogP contribution in [0.15, 0.2) is 45.8 Å². The van der Waals surface area contributed by atoms with Gasteiger partial charge in [-0.15, -0.1) is 0 Å². The maximum atomic E-state index is 9.95. The van der Waals surface area contributed by atoms with Crippen LogP contribution in [0.1, 0.15) is 11.7 Å². The highest BCUT2D eigenvalue weighted by Crippen LogP contribution is 2.16. The number of aliphatic hydroxyl groups excluding tert-OH is 1. The molecule has 1 aromatic heterocycles. The molecule has 0 bridgehead atoms. The normalized spacial score (nSPS) is 12.7. The van der Waals surface area contributed by atoms with Gasteiger partial charge in [-0.05, 0) is 17.7 Å². The van der Waals surface area contributed by atoms with E-state index in [1.165, 1.54) is 0 Å². The van der Waals surface area contributed by atoms with Crippen LogP contribution in [0.2, 0.25) is 0 Å². The monoisotopic (exact) mass is 284 g/mol. The molecule has 2 aromatic rings. The van der Waals surface area contributed by atoms with Gasteiger partial charge in [-0.3, -0.25) is 0 Å². The molecule has 15 heavy (non-hydrogen) atoms. The lowest BCUT2D eigenvalue weighted by atomic mass is 10.1. The van der Waals surface area contributed by atoms with E-state index in [2.05, 4.69) is 15.9 Å². The lowest BCUT2D eigenvalue weighted by molar-refractivity contribution is -0.700. The molecule has 0 aliphatic carbocycles. The Morgan fingerprint density at radius 1 is 1.33 bits per heavy atom. The molecule has 1 unspecified atom stereocenters. The number of aromatic nitrogens is 1. The Balaban J connectivity index is 2.08. The van der Waals surface area contributed by atoms with Gasteiger partial charge >= 0.3 is 0 Å². The quantitative estimate of drug-likeness (QED) is 0.861. The van der Waals surface area contributed by atoms with Gasteiger partial charge in [0.05, 0.1) is 5.38 Å². The first-order chi connectivity index (χ1) is 7.25. The number of nitrogens with zero attached hydrogens (tertiary/aromatic N) is 1. The van der Waals surface area contributed by atoms with Gasteiger partial charge in [0.1, 0.15) is 6.10 Å².